The summed E-state index contributed by atoms with van der Waals surface area (Å²) in [5, 5.41) is 10.4. The highest BCUT2D eigenvalue weighted by Gasteiger charge is 2.38. The number of hydrogen-bond acceptors (Lipinski definition) is 4. The van der Waals surface area contributed by atoms with Gasteiger partial charge < -0.3 is 15.4 Å². The molecule has 0 aliphatic heterocycles. The Morgan fingerprint density at radius 3 is 3.18 bits per heavy atom. The summed E-state index contributed by atoms with van der Waals surface area (Å²) in [6, 6.07) is 0. The molecule has 4 nitrogen and oxygen atoms in total. The molecule has 96 valence electrons. The molecule has 0 radical (unpaired) electrons. The van der Waals surface area contributed by atoms with Gasteiger partial charge in [-0.3, -0.25) is 0 Å². The summed E-state index contributed by atoms with van der Waals surface area (Å²) in [5.74, 6) is 1.48. The van der Waals surface area contributed by atoms with E-state index in [-0.39, 0.29) is 12.1 Å². The lowest BCUT2D eigenvalue weighted by Crippen LogP contribution is -2.47. The van der Waals surface area contributed by atoms with Crippen LogP contribution in [0.5, 0.6) is 0 Å². The molecule has 17 heavy (non-hydrogen) atoms. The summed E-state index contributed by atoms with van der Waals surface area (Å²) in [5.41, 5.74) is 5.88. The first-order chi connectivity index (χ1) is 8.15. The Kier molecular flexibility index (Phi) is 4.12. The molecule has 0 spiro atoms. The molecule has 1 aromatic heterocycles. The second-order valence-corrected chi connectivity index (χ2v) is 6.00. The van der Waals surface area contributed by atoms with Crippen LogP contribution in [0.25, 0.3) is 0 Å². The summed E-state index contributed by atoms with van der Waals surface area (Å²) in [7, 11) is 2.01. The third kappa shape index (κ3) is 2.84. The van der Waals surface area contributed by atoms with E-state index in [1.54, 1.807) is 11.8 Å². The van der Waals surface area contributed by atoms with E-state index >= 15 is 0 Å². The lowest BCUT2D eigenvalue weighted by molar-refractivity contribution is 0.158. The van der Waals surface area contributed by atoms with Gasteiger partial charge in [0.15, 0.2) is 5.16 Å². The number of aliphatic hydroxyl groups is 1. The fraction of sp³-hybridized carbons (Fsp3) is 0.750. The van der Waals surface area contributed by atoms with Crippen LogP contribution in [0, 0.1) is 5.92 Å². The molecule has 2 atom stereocenters. The van der Waals surface area contributed by atoms with Crippen molar-refractivity contribution >= 4 is 11.8 Å². The Morgan fingerprint density at radius 2 is 2.53 bits per heavy atom. The molecule has 2 unspecified atom stereocenters. The molecule has 0 saturated heterocycles. The summed E-state index contributed by atoms with van der Waals surface area (Å²) in [6.07, 6.45) is 8.10. The van der Waals surface area contributed by atoms with Crippen LogP contribution in [0.1, 0.15) is 25.7 Å². The standard InChI is InChI=1S/C12H21N3OS/c1-15-7-6-14-11(15)17-8-4-10-3-2-5-12(10,13)9-16/h6-7,10,16H,2-5,8-9,13H2,1H3. The van der Waals surface area contributed by atoms with Gasteiger partial charge in [0.2, 0.25) is 0 Å². The average molecular weight is 255 g/mol. The first kappa shape index (κ1) is 12.9. The molecular weight excluding hydrogens is 234 g/mol. The maximum atomic E-state index is 9.37. The van der Waals surface area contributed by atoms with E-state index in [4.69, 9.17) is 5.73 Å². The number of aliphatic hydroxyl groups excluding tert-OH is 1. The smallest absolute Gasteiger partial charge is 0.167 e. The topological polar surface area (TPSA) is 64.1 Å². The number of imidazole rings is 1. The van der Waals surface area contributed by atoms with Gasteiger partial charge in [-0.15, -0.1) is 0 Å². The Balaban J connectivity index is 1.81. The summed E-state index contributed by atoms with van der Waals surface area (Å²) >= 11 is 1.77. The van der Waals surface area contributed by atoms with E-state index in [1.165, 1.54) is 0 Å². The van der Waals surface area contributed by atoms with Crippen molar-refractivity contribution in [1.82, 2.24) is 9.55 Å². The first-order valence-electron chi connectivity index (χ1n) is 6.15. The predicted molar refractivity (Wildman–Crippen MR) is 69.9 cm³/mol. The molecule has 1 aliphatic rings. The molecular formula is C12H21N3OS. The van der Waals surface area contributed by atoms with Gasteiger partial charge in [-0.05, 0) is 25.2 Å². The lowest BCUT2D eigenvalue weighted by Gasteiger charge is -2.29. The van der Waals surface area contributed by atoms with E-state index in [9.17, 15) is 5.11 Å². The monoisotopic (exact) mass is 255 g/mol. The molecule has 0 amide bonds. The molecule has 1 aliphatic carbocycles. The summed E-state index contributed by atoms with van der Waals surface area (Å²) in [6.45, 7) is 0.116. The van der Waals surface area contributed by atoms with Gasteiger partial charge in [0.1, 0.15) is 0 Å². The van der Waals surface area contributed by atoms with Crippen molar-refractivity contribution in [2.75, 3.05) is 12.4 Å². The van der Waals surface area contributed by atoms with E-state index in [2.05, 4.69) is 4.98 Å². The van der Waals surface area contributed by atoms with Gasteiger partial charge in [-0.25, -0.2) is 4.98 Å². The van der Waals surface area contributed by atoms with Gasteiger partial charge in [0.25, 0.3) is 0 Å². The van der Waals surface area contributed by atoms with Gasteiger partial charge in [-0.1, -0.05) is 18.2 Å². The Labute approximate surface area is 107 Å². The van der Waals surface area contributed by atoms with Gasteiger partial charge in [0.05, 0.1) is 6.61 Å². The second-order valence-electron chi connectivity index (χ2n) is 4.94. The normalized spacial score (nSPS) is 28.8. The zero-order valence-corrected chi connectivity index (χ0v) is 11.1. The molecule has 1 fully saturated rings. The second kappa shape index (κ2) is 5.42. The van der Waals surface area contributed by atoms with Gasteiger partial charge >= 0.3 is 0 Å². The molecule has 1 saturated carbocycles. The van der Waals surface area contributed by atoms with Crippen LogP contribution in [0.4, 0.5) is 0 Å². The van der Waals surface area contributed by atoms with E-state index < -0.39 is 0 Å². The number of nitrogens with two attached hydrogens (primary N) is 1. The largest absolute Gasteiger partial charge is 0.394 e. The molecule has 3 N–H and O–H groups in total. The maximum absolute atomic E-state index is 9.37. The van der Waals surface area contributed by atoms with Crippen molar-refractivity contribution < 1.29 is 5.11 Å². The van der Waals surface area contributed by atoms with Gasteiger partial charge in [0, 0.05) is 30.7 Å². The maximum Gasteiger partial charge on any atom is 0.167 e. The van der Waals surface area contributed by atoms with E-state index in [0.717, 1.165) is 36.6 Å². The van der Waals surface area contributed by atoms with Crippen LogP contribution in [-0.2, 0) is 7.05 Å². The molecule has 1 heterocycles. The van der Waals surface area contributed by atoms with E-state index in [1.807, 2.05) is 24.0 Å². The molecule has 5 heteroatoms. The number of aromatic nitrogens is 2. The van der Waals surface area contributed by atoms with Crippen molar-refractivity contribution in [3.63, 3.8) is 0 Å². The Hall–Kier alpha value is -0.520. The van der Waals surface area contributed by atoms with Crippen molar-refractivity contribution in [3.05, 3.63) is 12.4 Å². The zero-order valence-electron chi connectivity index (χ0n) is 10.3. The van der Waals surface area contributed by atoms with Crippen LogP contribution in [0.2, 0.25) is 0 Å². The number of aryl methyl sites for hydroxylation is 1. The van der Waals surface area contributed by atoms with Crippen LogP contribution >= 0.6 is 11.8 Å². The predicted octanol–water partition coefficient (Wildman–Crippen LogP) is 1.39. The fourth-order valence-corrected chi connectivity index (χ4v) is 3.58. The van der Waals surface area contributed by atoms with Crippen LogP contribution in [-0.4, -0.2) is 32.6 Å². The average Bonchev–Trinajstić information content (AvgIpc) is 2.88. The van der Waals surface area contributed by atoms with Crippen LogP contribution in [0.15, 0.2) is 17.6 Å². The number of hydrogen-bond donors (Lipinski definition) is 2. The SMILES string of the molecule is Cn1ccnc1SCCC1CCCC1(N)CO. The molecule has 0 bridgehead atoms. The minimum absolute atomic E-state index is 0.116. The first-order valence-corrected chi connectivity index (χ1v) is 7.14. The minimum atomic E-state index is -0.331. The highest BCUT2D eigenvalue weighted by Crippen LogP contribution is 2.36. The third-order valence-corrected chi connectivity index (χ3v) is 4.87. The molecule has 1 aromatic rings. The Morgan fingerprint density at radius 1 is 1.71 bits per heavy atom. The molecule has 2 rings (SSSR count). The van der Waals surface area contributed by atoms with Crippen LogP contribution < -0.4 is 5.73 Å². The summed E-state index contributed by atoms with van der Waals surface area (Å²) < 4.78 is 2.03. The van der Waals surface area contributed by atoms with Gasteiger partial charge in [-0.2, -0.15) is 0 Å². The number of thioether (sulfide) groups is 1. The minimum Gasteiger partial charge on any atom is -0.394 e. The highest BCUT2D eigenvalue weighted by molar-refractivity contribution is 7.99. The van der Waals surface area contributed by atoms with Crippen molar-refractivity contribution in [1.29, 1.82) is 0 Å². The van der Waals surface area contributed by atoms with Crippen molar-refractivity contribution in [3.8, 4) is 0 Å². The third-order valence-electron chi connectivity index (χ3n) is 3.78. The lowest BCUT2D eigenvalue weighted by atomic mass is 9.87. The van der Waals surface area contributed by atoms with Crippen molar-refractivity contribution in [2.24, 2.45) is 18.7 Å². The van der Waals surface area contributed by atoms with Crippen molar-refractivity contribution in [2.45, 2.75) is 36.4 Å². The van der Waals surface area contributed by atoms with E-state index in [0.29, 0.717) is 5.92 Å². The highest BCUT2D eigenvalue weighted by atomic mass is 32.2. The fourth-order valence-electron chi connectivity index (χ4n) is 2.59. The number of rotatable bonds is 5. The van der Waals surface area contributed by atoms with Crippen LogP contribution in [0.3, 0.4) is 0 Å². The molecule has 0 aromatic carbocycles. The quantitative estimate of drug-likeness (QED) is 0.781. The zero-order chi connectivity index (χ0) is 12.3. The summed E-state index contributed by atoms with van der Waals surface area (Å²) in [4.78, 5) is 4.28. The number of nitrogens with zero attached hydrogens (tertiary/aromatic N) is 2. The Bertz CT molecular complexity index is 368.